The molecule has 1 unspecified atom stereocenters. The molecular formula is C14H11Cl3F3N. The first-order chi connectivity index (χ1) is 9.29. The van der Waals surface area contributed by atoms with Crippen LogP contribution in [-0.2, 0) is 6.18 Å². The van der Waals surface area contributed by atoms with Crippen LogP contribution in [0, 0.1) is 0 Å². The number of alkyl halides is 3. The van der Waals surface area contributed by atoms with E-state index in [0.717, 1.165) is 11.6 Å². The fraction of sp³-hybridized carbons (Fsp3) is 0.143. The van der Waals surface area contributed by atoms with Crippen molar-refractivity contribution in [2.24, 2.45) is 5.73 Å². The summed E-state index contributed by atoms with van der Waals surface area (Å²) in [5, 5.41) is 0.200. The number of rotatable bonds is 2. The van der Waals surface area contributed by atoms with Gasteiger partial charge in [-0.15, -0.1) is 12.4 Å². The lowest BCUT2D eigenvalue weighted by atomic mass is 9.98. The van der Waals surface area contributed by atoms with Crippen molar-refractivity contribution in [1.29, 1.82) is 0 Å². The van der Waals surface area contributed by atoms with Crippen molar-refractivity contribution in [2.75, 3.05) is 0 Å². The first-order valence-corrected chi connectivity index (χ1v) is 6.42. The van der Waals surface area contributed by atoms with Gasteiger partial charge in [-0.1, -0.05) is 41.4 Å². The van der Waals surface area contributed by atoms with Crippen LogP contribution in [0.5, 0.6) is 0 Å². The standard InChI is InChI=1S/C14H10Cl2F3N.ClH/c15-10-4-1-8(2-5-10)13(20)9-3-6-11(12(16)7-9)14(17,18)19;/h1-7,13H,20H2;1H. The van der Waals surface area contributed by atoms with Crippen molar-refractivity contribution in [3.05, 3.63) is 69.2 Å². The molecule has 0 saturated carbocycles. The van der Waals surface area contributed by atoms with Crippen LogP contribution in [0.3, 0.4) is 0 Å². The topological polar surface area (TPSA) is 26.0 Å². The molecule has 0 aromatic heterocycles. The second-order valence-electron chi connectivity index (χ2n) is 4.27. The molecule has 0 heterocycles. The lowest BCUT2D eigenvalue weighted by Gasteiger charge is -2.15. The Balaban J connectivity index is 0.00000220. The average Bonchev–Trinajstić information content (AvgIpc) is 2.37. The van der Waals surface area contributed by atoms with Gasteiger partial charge in [0.05, 0.1) is 16.6 Å². The van der Waals surface area contributed by atoms with Gasteiger partial charge in [-0.05, 0) is 35.4 Å². The molecule has 0 radical (unpaired) electrons. The predicted molar refractivity (Wildman–Crippen MR) is 81.2 cm³/mol. The highest BCUT2D eigenvalue weighted by Gasteiger charge is 2.33. The Morgan fingerprint density at radius 2 is 1.43 bits per heavy atom. The van der Waals surface area contributed by atoms with Gasteiger partial charge in [-0.25, -0.2) is 0 Å². The van der Waals surface area contributed by atoms with Gasteiger partial charge in [0, 0.05) is 5.02 Å². The number of halogens is 6. The molecule has 1 nitrogen and oxygen atoms in total. The van der Waals surface area contributed by atoms with Crippen LogP contribution < -0.4 is 5.73 Å². The molecule has 7 heteroatoms. The molecule has 2 rings (SSSR count). The SMILES string of the molecule is Cl.NC(c1ccc(Cl)cc1)c1ccc(C(F)(F)F)c(Cl)c1. The van der Waals surface area contributed by atoms with E-state index in [1.165, 1.54) is 12.1 Å². The predicted octanol–water partition coefficient (Wildman–Crippen LogP) is 5.48. The van der Waals surface area contributed by atoms with Crippen LogP contribution >= 0.6 is 35.6 Å². The largest absolute Gasteiger partial charge is 0.417 e. The van der Waals surface area contributed by atoms with E-state index in [2.05, 4.69) is 0 Å². The van der Waals surface area contributed by atoms with Gasteiger partial charge in [0.25, 0.3) is 0 Å². The summed E-state index contributed by atoms with van der Waals surface area (Å²) in [4.78, 5) is 0. The van der Waals surface area contributed by atoms with E-state index in [1.807, 2.05) is 0 Å². The monoisotopic (exact) mass is 355 g/mol. The van der Waals surface area contributed by atoms with Crippen molar-refractivity contribution >= 4 is 35.6 Å². The molecular weight excluding hydrogens is 346 g/mol. The van der Waals surface area contributed by atoms with E-state index in [9.17, 15) is 13.2 Å². The molecule has 0 spiro atoms. The van der Waals surface area contributed by atoms with Crippen LogP contribution in [0.4, 0.5) is 13.2 Å². The molecule has 21 heavy (non-hydrogen) atoms. The molecule has 0 aliphatic rings. The third kappa shape index (κ3) is 4.27. The van der Waals surface area contributed by atoms with Gasteiger partial charge in [0.1, 0.15) is 0 Å². The second-order valence-corrected chi connectivity index (χ2v) is 5.11. The Morgan fingerprint density at radius 3 is 1.90 bits per heavy atom. The molecule has 0 fully saturated rings. The summed E-state index contributed by atoms with van der Waals surface area (Å²) in [6, 6.07) is 9.72. The minimum Gasteiger partial charge on any atom is -0.320 e. The van der Waals surface area contributed by atoms with Gasteiger partial charge in [-0.3, -0.25) is 0 Å². The van der Waals surface area contributed by atoms with Crippen LogP contribution in [0.1, 0.15) is 22.7 Å². The molecule has 2 N–H and O–H groups in total. The highest BCUT2D eigenvalue weighted by molar-refractivity contribution is 6.31. The highest BCUT2D eigenvalue weighted by atomic mass is 35.5. The third-order valence-electron chi connectivity index (χ3n) is 2.89. The number of hydrogen-bond acceptors (Lipinski definition) is 1. The second kappa shape index (κ2) is 6.88. The Labute approximate surface area is 136 Å². The number of benzene rings is 2. The molecule has 2 aromatic carbocycles. The summed E-state index contributed by atoms with van der Waals surface area (Å²) >= 11 is 11.4. The molecule has 0 bridgehead atoms. The van der Waals surface area contributed by atoms with Crippen molar-refractivity contribution in [2.45, 2.75) is 12.2 Å². The van der Waals surface area contributed by atoms with Crippen LogP contribution in [0.2, 0.25) is 10.0 Å². The molecule has 1 atom stereocenters. The fourth-order valence-electron chi connectivity index (χ4n) is 1.82. The van der Waals surface area contributed by atoms with Crippen molar-refractivity contribution in [1.82, 2.24) is 0 Å². The molecule has 2 aromatic rings. The van der Waals surface area contributed by atoms with Crippen LogP contribution in [-0.4, -0.2) is 0 Å². The minimum absolute atomic E-state index is 0. The summed E-state index contributed by atoms with van der Waals surface area (Å²) in [5.41, 5.74) is 6.39. The maximum atomic E-state index is 12.6. The smallest absolute Gasteiger partial charge is 0.320 e. The van der Waals surface area contributed by atoms with E-state index in [4.69, 9.17) is 28.9 Å². The van der Waals surface area contributed by atoms with Crippen LogP contribution in [0.15, 0.2) is 42.5 Å². The normalized spacial score (nSPS) is 12.7. The summed E-state index contributed by atoms with van der Waals surface area (Å²) < 4.78 is 37.9. The Morgan fingerprint density at radius 1 is 0.905 bits per heavy atom. The quantitative estimate of drug-likeness (QED) is 0.757. The van der Waals surface area contributed by atoms with E-state index in [1.54, 1.807) is 24.3 Å². The third-order valence-corrected chi connectivity index (χ3v) is 3.45. The van der Waals surface area contributed by atoms with Gasteiger partial charge in [0.15, 0.2) is 0 Å². The van der Waals surface area contributed by atoms with Crippen molar-refractivity contribution in [3.8, 4) is 0 Å². The zero-order chi connectivity index (χ0) is 14.9. The molecule has 0 aliphatic carbocycles. The maximum Gasteiger partial charge on any atom is 0.417 e. The van der Waals surface area contributed by atoms with Gasteiger partial charge < -0.3 is 5.73 Å². The zero-order valence-corrected chi connectivity index (χ0v) is 12.8. The van der Waals surface area contributed by atoms with Crippen LogP contribution in [0.25, 0.3) is 0 Å². The zero-order valence-electron chi connectivity index (χ0n) is 10.5. The molecule has 114 valence electrons. The Hall–Kier alpha value is -0.940. The van der Waals surface area contributed by atoms with Gasteiger partial charge >= 0.3 is 6.18 Å². The van der Waals surface area contributed by atoms with Crippen molar-refractivity contribution in [3.63, 3.8) is 0 Å². The lowest BCUT2D eigenvalue weighted by Crippen LogP contribution is -2.13. The molecule has 0 saturated heterocycles. The van der Waals surface area contributed by atoms with Crippen molar-refractivity contribution < 1.29 is 13.2 Å². The molecule has 0 amide bonds. The number of hydrogen-bond donors (Lipinski definition) is 1. The fourth-order valence-corrected chi connectivity index (χ4v) is 2.24. The highest BCUT2D eigenvalue weighted by Crippen LogP contribution is 2.36. The lowest BCUT2D eigenvalue weighted by molar-refractivity contribution is -0.137. The Bertz CT molecular complexity index is 612. The van der Waals surface area contributed by atoms with E-state index < -0.39 is 17.8 Å². The van der Waals surface area contributed by atoms with E-state index in [0.29, 0.717) is 10.6 Å². The molecule has 0 aliphatic heterocycles. The average molecular weight is 357 g/mol. The number of nitrogens with two attached hydrogens (primary N) is 1. The first-order valence-electron chi connectivity index (χ1n) is 5.66. The van der Waals surface area contributed by atoms with E-state index >= 15 is 0 Å². The summed E-state index contributed by atoms with van der Waals surface area (Å²) in [5.74, 6) is 0. The van der Waals surface area contributed by atoms with Gasteiger partial charge in [0.2, 0.25) is 0 Å². The Kier molecular flexibility index (Phi) is 5.93. The minimum atomic E-state index is -4.47. The van der Waals surface area contributed by atoms with E-state index in [-0.39, 0.29) is 17.4 Å². The summed E-state index contributed by atoms with van der Waals surface area (Å²) in [6.45, 7) is 0. The summed E-state index contributed by atoms with van der Waals surface area (Å²) in [6.07, 6.45) is -4.47. The summed E-state index contributed by atoms with van der Waals surface area (Å²) in [7, 11) is 0. The van der Waals surface area contributed by atoms with Gasteiger partial charge in [-0.2, -0.15) is 13.2 Å². The first kappa shape index (κ1) is 18.1. The maximum absolute atomic E-state index is 12.6.